The molecule has 4 nitrogen and oxygen atoms in total. The Morgan fingerprint density at radius 1 is 1.39 bits per heavy atom. The van der Waals surface area contributed by atoms with Crippen LogP contribution in [0, 0.1) is 5.92 Å². The van der Waals surface area contributed by atoms with Crippen molar-refractivity contribution in [2.75, 3.05) is 31.9 Å². The normalized spacial score (nSPS) is 19.8. The van der Waals surface area contributed by atoms with E-state index in [9.17, 15) is 4.21 Å². The predicted octanol–water partition coefficient (Wildman–Crippen LogP) is 3.11. The minimum Gasteiger partial charge on any atom is -0.357 e. The molecule has 23 heavy (non-hydrogen) atoms. The maximum absolute atomic E-state index is 12.2. The van der Waals surface area contributed by atoms with Crippen LogP contribution in [0.1, 0.15) is 26.7 Å². The third-order valence-corrected chi connectivity index (χ3v) is 5.19. The largest absolute Gasteiger partial charge is 0.357 e. The molecule has 0 aromatic heterocycles. The van der Waals surface area contributed by atoms with Crippen molar-refractivity contribution in [3.8, 4) is 0 Å². The number of hydrogen-bond donors (Lipinski definition) is 1. The average Bonchev–Trinajstić information content (AvgIpc) is 2.54. The molecule has 1 heterocycles. The summed E-state index contributed by atoms with van der Waals surface area (Å²) in [6.07, 6.45) is 2.52. The van der Waals surface area contributed by atoms with Crippen molar-refractivity contribution < 1.29 is 4.21 Å². The molecule has 6 heteroatoms. The summed E-state index contributed by atoms with van der Waals surface area (Å²) < 4.78 is 12.2. The van der Waals surface area contributed by atoms with Crippen LogP contribution in [0.4, 0.5) is 0 Å². The molecule has 0 saturated carbocycles. The van der Waals surface area contributed by atoms with E-state index in [1.54, 1.807) is 0 Å². The Hall–Kier alpha value is -0.630. The van der Waals surface area contributed by atoms with Crippen LogP contribution < -0.4 is 5.32 Å². The molecule has 0 amide bonds. The van der Waals surface area contributed by atoms with Gasteiger partial charge in [-0.1, -0.05) is 25.1 Å². The van der Waals surface area contributed by atoms with Gasteiger partial charge in [-0.05, 0) is 37.8 Å². The number of aliphatic imine (C=N–C) groups is 1. The molecule has 1 aromatic carbocycles. The van der Waals surface area contributed by atoms with E-state index in [4.69, 9.17) is 0 Å². The van der Waals surface area contributed by atoms with E-state index < -0.39 is 10.8 Å². The first-order valence-electron chi connectivity index (χ1n) is 8.17. The highest BCUT2D eigenvalue weighted by molar-refractivity contribution is 14.0. The van der Waals surface area contributed by atoms with Crippen molar-refractivity contribution in [1.29, 1.82) is 0 Å². The van der Waals surface area contributed by atoms with Gasteiger partial charge < -0.3 is 10.2 Å². The minimum atomic E-state index is -0.969. The van der Waals surface area contributed by atoms with Gasteiger partial charge in [0, 0.05) is 30.3 Å². The maximum atomic E-state index is 12.2. The van der Waals surface area contributed by atoms with E-state index in [1.165, 1.54) is 12.8 Å². The lowest BCUT2D eigenvalue weighted by Gasteiger charge is -2.33. The fourth-order valence-electron chi connectivity index (χ4n) is 2.73. The van der Waals surface area contributed by atoms with Crippen LogP contribution in [0.3, 0.4) is 0 Å². The fraction of sp³-hybridized carbons (Fsp3) is 0.588. The maximum Gasteiger partial charge on any atom is 0.193 e. The number of piperidine rings is 1. The Morgan fingerprint density at radius 2 is 2.13 bits per heavy atom. The van der Waals surface area contributed by atoms with Crippen molar-refractivity contribution in [1.82, 2.24) is 10.2 Å². The van der Waals surface area contributed by atoms with Gasteiger partial charge in [0.15, 0.2) is 5.96 Å². The number of nitrogens with one attached hydrogen (secondary N) is 1. The number of guanidine groups is 1. The molecule has 1 aliphatic rings. The second kappa shape index (κ2) is 11.0. The summed E-state index contributed by atoms with van der Waals surface area (Å²) in [5, 5.41) is 3.36. The summed E-state index contributed by atoms with van der Waals surface area (Å²) >= 11 is 0. The van der Waals surface area contributed by atoms with Crippen molar-refractivity contribution in [3.05, 3.63) is 30.3 Å². The lowest BCUT2D eigenvalue weighted by Crippen LogP contribution is -2.46. The molecular weight excluding hydrogens is 421 g/mol. The number of nitrogens with zero attached hydrogens (tertiary/aromatic N) is 2. The van der Waals surface area contributed by atoms with E-state index in [2.05, 4.69) is 29.1 Å². The zero-order valence-corrected chi connectivity index (χ0v) is 17.2. The highest BCUT2D eigenvalue weighted by atomic mass is 127. The Bertz CT molecular complexity index is 510. The molecule has 1 saturated heterocycles. The Labute approximate surface area is 159 Å². The van der Waals surface area contributed by atoms with Crippen LogP contribution in [-0.4, -0.2) is 47.0 Å². The minimum absolute atomic E-state index is 0. The van der Waals surface area contributed by atoms with E-state index in [1.807, 2.05) is 30.3 Å². The quantitative estimate of drug-likeness (QED) is 0.427. The molecular formula is C17H28IN3OS. The predicted molar refractivity (Wildman–Crippen MR) is 109 cm³/mol. The van der Waals surface area contributed by atoms with Gasteiger partial charge in [-0.2, -0.15) is 0 Å². The molecule has 2 rings (SSSR count). The summed E-state index contributed by atoms with van der Waals surface area (Å²) in [5.74, 6) is 2.26. The van der Waals surface area contributed by atoms with Crippen molar-refractivity contribution in [2.24, 2.45) is 10.9 Å². The summed E-state index contributed by atoms with van der Waals surface area (Å²) in [7, 11) is -0.969. The van der Waals surface area contributed by atoms with Gasteiger partial charge in [-0.3, -0.25) is 9.20 Å². The lowest BCUT2D eigenvalue weighted by molar-refractivity contribution is 0.266. The summed E-state index contributed by atoms with van der Waals surface area (Å²) in [4.78, 5) is 7.90. The van der Waals surface area contributed by atoms with Gasteiger partial charge in [0.1, 0.15) is 0 Å². The Morgan fingerprint density at radius 3 is 2.78 bits per heavy atom. The molecule has 1 fully saturated rings. The van der Waals surface area contributed by atoms with Gasteiger partial charge in [-0.25, -0.2) is 0 Å². The van der Waals surface area contributed by atoms with Gasteiger partial charge in [0.2, 0.25) is 0 Å². The summed E-state index contributed by atoms with van der Waals surface area (Å²) in [6.45, 7) is 7.97. The molecule has 1 aliphatic heterocycles. The number of rotatable bonds is 5. The molecule has 1 aromatic rings. The van der Waals surface area contributed by atoms with Crippen molar-refractivity contribution >= 4 is 40.7 Å². The van der Waals surface area contributed by atoms with Crippen LogP contribution in [0.15, 0.2) is 40.2 Å². The summed E-state index contributed by atoms with van der Waals surface area (Å²) in [6, 6.07) is 9.62. The highest BCUT2D eigenvalue weighted by Crippen LogP contribution is 2.15. The topological polar surface area (TPSA) is 44.7 Å². The first kappa shape index (κ1) is 20.4. The van der Waals surface area contributed by atoms with E-state index >= 15 is 0 Å². The number of halogens is 1. The molecule has 130 valence electrons. The third-order valence-electron chi connectivity index (χ3n) is 3.84. The monoisotopic (exact) mass is 449 g/mol. The van der Waals surface area contributed by atoms with Crippen LogP contribution >= 0.6 is 24.0 Å². The summed E-state index contributed by atoms with van der Waals surface area (Å²) in [5.41, 5.74) is 0. The van der Waals surface area contributed by atoms with Crippen LogP contribution in [-0.2, 0) is 10.8 Å². The van der Waals surface area contributed by atoms with Gasteiger partial charge in [-0.15, -0.1) is 24.0 Å². The number of benzene rings is 1. The molecule has 1 N–H and O–H groups in total. The highest BCUT2D eigenvalue weighted by Gasteiger charge is 2.19. The number of hydrogen-bond acceptors (Lipinski definition) is 2. The van der Waals surface area contributed by atoms with E-state index in [-0.39, 0.29) is 24.0 Å². The molecule has 2 unspecified atom stereocenters. The SMILES string of the molecule is CCNC(=NCCS(=O)c1ccccc1)N1CCCC(C)C1.I. The lowest BCUT2D eigenvalue weighted by atomic mass is 10.0. The van der Waals surface area contributed by atoms with Crippen LogP contribution in [0.5, 0.6) is 0 Å². The third kappa shape index (κ3) is 6.79. The molecule has 2 atom stereocenters. The fourth-order valence-corrected chi connectivity index (χ4v) is 3.69. The van der Waals surface area contributed by atoms with Crippen molar-refractivity contribution in [3.63, 3.8) is 0 Å². The van der Waals surface area contributed by atoms with Crippen LogP contribution in [0.2, 0.25) is 0 Å². The van der Waals surface area contributed by atoms with E-state index in [0.717, 1.165) is 36.4 Å². The molecule has 0 aliphatic carbocycles. The first-order chi connectivity index (χ1) is 10.7. The van der Waals surface area contributed by atoms with Gasteiger partial charge in [0.05, 0.1) is 17.3 Å². The Balaban J connectivity index is 0.00000264. The van der Waals surface area contributed by atoms with Gasteiger partial charge >= 0.3 is 0 Å². The van der Waals surface area contributed by atoms with Crippen molar-refractivity contribution in [2.45, 2.75) is 31.6 Å². The van der Waals surface area contributed by atoms with E-state index in [0.29, 0.717) is 12.3 Å². The van der Waals surface area contributed by atoms with Gasteiger partial charge in [0.25, 0.3) is 0 Å². The smallest absolute Gasteiger partial charge is 0.193 e. The second-order valence-corrected chi connectivity index (χ2v) is 7.36. The standard InChI is InChI=1S/C17H27N3OS.HI/c1-3-18-17(20-12-7-8-15(2)14-20)19-11-13-22(21)16-9-5-4-6-10-16;/h4-6,9-10,15H,3,7-8,11-14H2,1-2H3,(H,18,19);1H. The molecule has 0 radical (unpaired) electrons. The molecule has 0 bridgehead atoms. The average molecular weight is 449 g/mol. The molecule has 0 spiro atoms. The number of likely N-dealkylation sites (tertiary alicyclic amines) is 1. The zero-order valence-electron chi connectivity index (χ0n) is 14.0. The first-order valence-corrected chi connectivity index (χ1v) is 9.49. The second-order valence-electron chi connectivity index (χ2n) is 5.79. The van der Waals surface area contributed by atoms with Crippen LogP contribution in [0.25, 0.3) is 0 Å². The Kier molecular flexibility index (Phi) is 9.78. The zero-order chi connectivity index (χ0) is 15.8.